The van der Waals surface area contributed by atoms with Crippen LogP contribution in [0.4, 0.5) is 5.69 Å². The van der Waals surface area contributed by atoms with E-state index in [9.17, 15) is 4.79 Å². The highest BCUT2D eigenvalue weighted by molar-refractivity contribution is 6.05. The fourth-order valence-electron chi connectivity index (χ4n) is 5.60. The van der Waals surface area contributed by atoms with Gasteiger partial charge >= 0.3 is 0 Å². The quantitative estimate of drug-likeness (QED) is 0.703. The van der Waals surface area contributed by atoms with E-state index in [4.69, 9.17) is 4.74 Å². The van der Waals surface area contributed by atoms with Crippen molar-refractivity contribution >= 4 is 22.5 Å². The van der Waals surface area contributed by atoms with E-state index < -0.39 is 0 Å². The van der Waals surface area contributed by atoms with Crippen LogP contribution in [0.25, 0.3) is 10.9 Å². The lowest BCUT2D eigenvalue weighted by Crippen LogP contribution is -2.47. The third-order valence-corrected chi connectivity index (χ3v) is 7.78. The number of hydrogen-bond donors (Lipinski definition) is 1. The second-order valence-electron chi connectivity index (χ2n) is 10.1. The van der Waals surface area contributed by atoms with Gasteiger partial charge in [0.25, 0.3) is 5.91 Å². The minimum atomic E-state index is -0.0418. The van der Waals surface area contributed by atoms with Crippen LogP contribution in [0.2, 0.25) is 0 Å². The van der Waals surface area contributed by atoms with Gasteiger partial charge in [0.05, 0.1) is 18.7 Å². The standard InChI is InChI=1S/C26H40N6O2/c1-29-24-20-22(32-10-4-2-3-5-11-32)6-7-23(24)25(28-29)26(33)27-21-8-12-30(13-9-21)14-15-31-16-18-34-19-17-31/h6-7,20-21H,2-5,8-19H2,1H3,(H,27,33). The van der Waals surface area contributed by atoms with Crippen LogP contribution in [0.3, 0.4) is 0 Å². The number of carbonyl (C=O) groups excluding carboxylic acids is 1. The molecular weight excluding hydrogens is 428 g/mol. The summed E-state index contributed by atoms with van der Waals surface area (Å²) in [6, 6.07) is 6.68. The molecule has 0 bridgehead atoms. The van der Waals surface area contributed by atoms with Crippen LogP contribution in [-0.2, 0) is 11.8 Å². The molecule has 0 spiro atoms. The van der Waals surface area contributed by atoms with E-state index in [1.54, 1.807) is 0 Å². The van der Waals surface area contributed by atoms with Crippen LogP contribution in [0.1, 0.15) is 49.0 Å². The molecule has 3 aliphatic rings. The number of amides is 1. The molecule has 1 aromatic heterocycles. The molecule has 8 nitrogen and oxygen atoms in total. The topological polar surface area (TPSA) is 65.9 Å². The Labute approximate surface area is 203 Å². The third kappa shape index (κ3) is 5.56. The molecule has 5 rings (SSSR count). The van der Waals surface area contributed by atoms with Crippen LogP contribution in [-0.4, -0.2) is 97.1 Å². The van der Waals surface area contributed by atoms with Crippen molar-refractivity contribution in [3.05, 3.63) is 23.9 Å². The van der Waals surface area contributed by atoms with E-state index in [-0.39, 0.29) is 11.9 Å². The lowest BCUT2D eigenvalue weighted by Gasteiger charge is -2.34. The number of carbonyl (C=O) groups is 1. The Balaban J connectivity index is 1.16. The molecular formula is C26H40N6O2. The summed E-state index contributed by atoms with van der Waals surface area (Å²) in [5.74, 6) is -0.0418. The molecule has 0 radical (unpaired) electrons. The average molecular weight is 469 g/mol. The maximum absolute atomic E-state index is 13.2. The van der Waals surface area contributed by atoms with E-state index in [1.807, 2.05) is 11.7 Å². The van der Waals surface area contributed by atoms with Crippen LogP contribution < -0.4 is 10.2 Å². The maximum Gasteiger partial charge on any atom is 0.272 e. The van der Waals surface area contributed by atoms with Gasteiger partial charge in [-0.15, -0.1) is 0 Å². The molecule has 186 valence electrons. The summed E-state index contributed by atoms with van der Waals surface area (Å²) in [4.78, 5) is 20.6. The molecule has 34 heavy (non-hydrogen) atoms. The number of nitrogens with one attached hydrogen (secondary N) is 1. The summed E-state index contributed by atoms with van der Waals surface area (Å²) in [6.45, 7) is 10.3. The number of nitrogens with zero attached hydrogens (tertiary/aromatic N) is 5. The van der Waals surface area contributed by atoms with E-state index in [0.29, 0.717) is 5.69 Å². The minimum Gasteiger partial charge on any atom is -0.379 e. The molecule has 4 heterocycles. The van der Waals surface area contributed by atoms with Gasteiger partial charge in [-0.1, -0.05) is 12.8 Å². The first-order chi connectivity index (χ1) is 16.7. The molecule has 0 unspecified atom stereocenters. The molecule has 2 aromatic rings. The van der Waals surface area contributed by atoms with Gasteiger partial charge < -0.3 is 19.9 Å². The number of piperidine rings is 1. The number of likely N-dealkylation sites (tertiary alicyclic amines) is 1. The number of fused-ring (bicyclic) bond motifs is 1. The zero-order valence-corrected chi connectivity index (χ0v) is 20.7. The van der Waals surface area contributed by atoms with Crippen molar-refractivity contribution in [1.29, 1.82) is 0 Å². The smallest absolute Gasteiger partial charge is 0.272 e. The summed E-state index contributed by atoms with van der Waals surface area (Å²) in [5, 5.41) is 8.84. The number of ether oxygens (including phenoxy) is 1. The summed E-state index contributed by atoms with van der Waals surface area (Å²) >= 11 is 0. The molecule has 1 N–H and O–H groups in total. The number of benzene rings is 1. The van der Waals surface area contributed by atoms with Gasteiger partial charge in [0, 0.05) is 76.5 Å². The van der Waals surface area contributed by atoms with Gasteiger partial charge in [-0.2, -0.15) is 5.10 Å². The molecule has 0 aliphatic carbocycles. The van der Waals surface area contributed by atoms with Gasteiger partial charge in [0.15, 0.2) is 5.69 Å². The van der Waals surface area contributed by atoms with Crippen molar-refractivity contribution in [2.24, 2.45) is 7.05 Å². The second kappa shape index (κ2) is 11.1. The van der Waals surface area contributed by atoms with Gasteiger partial charge in [-0.05, 0) is 43.9 Å². The van der Waals surface area contributed by atoms with E-state index in [2.05, 4.69) is 43.3 Å². The number of aryl methyl sites for hydroxylation is 1. The van der Waals surface area contributed by atoms with Crippen molar-refractivity contribution < 1.29 is 9.53 Å². The Morgan fingerprint density at radius 3 is 2.35 bits per heavy atom. The first-order valence-electron chi connectivity index (χ1n) is 13.2. The Bertz CT molecular complexity index is 954. The highest BCUT2D eigenvalue weighted by Crippen LogP contribution is 2.26. The monoisotopic (exact) mass is 468 g/mol. The molecule has 8 heteroatoms. The number of morpholine rings is 1. The molecule has 3 aliphatic heterocycles. The van der Waals surface area contributed by atoms with E-state index >= 15 is 0 Å². The van der Waals surface area contributed by atoms with Crippen LogP contribution in [0.5, 0.6) is 0 Å². The Hall–Kier alpha value is -2.16. The molecule has 3 fully saturated rings. The van der Waals surface area contributed by atoms with Crippen LogP contribution in [0.15, 0.2) is 18.2 Å². The lowest BCUT2D eigenvalue weighted by atomic mass is 10.0. The van der Waals surface area contributed by atoms with Gasteiger partial charge in [-0.25, -0.2) is 0 Å². The van der Waals surface area contributed by atoms with Gasteiger partial charge in [0.2, 0.25) is 0 Å². The molecule has 0 atom stereocenters. The van der Waals surface area contributed by atoms with Gasteiger partial charge in [0.1, 0.15) is 0 Å². The number of aromatic nitrogens is 2. The molecule has 1 amide bonds. The number of hydrogen-bond acceptors (Lipinski definition) is 6. The Kier molecular flexibility index (Phi) is 7.67. The fourth-order valence-corrected chi connectivity index (χ4v) is 5.60. The first-order valence-corrected chi connectivity index (χ1v) is 13.2. The Morgan fingerprint density at radius 1 is 0.971 bits per heavy atom. The maximum atomic E-state index is 13.2. The van der Waals surface area contributed by atoms with Crippen molar-refractivity contribution in [3.63, 3.8) is 0 Å². The largest absolute Gasteiger partial charge is 0.379 e. The Morgan fingerprint density at radius 2 is 1.65 bits per heavy atom. The minimum absolute atomic E-state index is 0.0418. The second-order valence-corrected chi connectivity index (χ2v) is 10.1. The van der Waals surface area contributed by atoms with Crippen molar-refractivity contribution in [1.82, 2.24) is 24.9 Å². The SMILES string of the molecule is Cn1nc(C(=O)NC2CCN(CCN3CCOCC3)CC2)c2ccc(N3CCCCCC3)cc21. The zero-order valence-electron chi connectivity index (χ0n) is 20.7. The van der Waals surface area contributed by atoms with E-state index in [0.717, 1.165) is 89.3 Å². The highest BCUT2D eigenvalue weighted by atomic mass is 16.5. The number of anilines is 1. The predicted molar refractivity (Wildman–Crippen MR) is 136 cm³/mol. The average Bonchev–Trinajstić information content (AvgIpc) is 3.03. The number of rotatable bonds is 6. The molecule has 3 saturated heterocycles. The summed E-state index contributed by atoms with van der Waals surface area (Å²) in [7, 11) is 1.94. The lowest BCUT2D eigenvalue weighted by molar-refractivity contribution is 0.0318. The fraction of sp³-hybridized carbons (Fsp3) is 0.692. The normalized spacial score (nSPS) is 21.6. The third-order valence-electron chi connectivity index (χ3n) is 7.78. The molecule has 0 saturated carbocycles. The van der Waals surface area contributed by atoms with Crippen LogP contribution in [0, 0.1) is 0 Å². The predicted octanol–water partition coefficient (Wildman–Crippen LogP) is 2.48. The summed E-state index contributed by atoms with van der Waals surface area (Å²) in [6.07, 6.45) is 7.15. The van der Waals surface area contributed by atoms with Crippen molar-refractivity contribution in [2.45, 2.75) is 44.6 Å². The first kappa shape index (κ1) is 23.6. The van der Waals surface area contributed by atoms with Crippen molar-refractivity contribution in [2.75, 3.05) is 70.5 Å². The van der Waals surface area contributed by atoms with Gasteiger partial charge in [-0.3, -0.25) is 14.4 Å². The summed E-state index contributed by atoms with van der Waals surface area (Å²) < 4.78 is 7.30. The molecule has 1 aromatic carbocycles. The highest BCUT2D eigenvalue weighted by Gasteiger charge is 2.24. The summed E-state index contributed by atoms with van der Waals surface area (Å²) in [5.41, 5.74) is 2.83. The van der Waals surface area contributed by atoms with Crippen LogP contribution >= 0.6 is 0 Å². The van der Waals surface area contributed by atoms with Crippen molar-refractivity contribution in [3.8, 4) is 0 Å². The van der Waals surface area contributed by atoms with E-state index in [1.165, 1.54) is 31.4 Å². The zero-order chi connectivity index (χ0) is 23.3.